The van der Waals surface area contributed by atoms with Gasteiger partial charge in [0.2, 0.25) is 0 Å². The summed E-state index contributed by atoms with van der Waals surface area (Å²) in [5.74, 6) is 1.80. The van der Waals surface area contributed by atoms with E-state index in [0.29, 0.717) is 11.7 Å². The molecule has 1 aliphatic carbocycles. The average molecular weight is 219 g/mol. The highest BCUT2D eigenvalue weighted by Gasteiger charge is 2.24. The first-order chi connectivity index (χ1) is 7.81. The molecule has 1 heterocycles. The number of rotatable bonds is 3. The number of phenolic OH excluding ortho intramolecular Hbond substituents is 1. The number of ether oxygens (including phenoxy) is 1. The molecule has 16 heavy (non-hydrogen) atoms. The fourth-order valence-electron chi connectivity index (χ4n) is 2.20. The first kappa shape index (κ1) is 9.97. The lowest BCUT2D eigenvalue weighted by Gasteiger charge is -2.25. The molecule has 3 heteroatoms. The van der Waals surface area contributed by atoms with Gasteiger partial charge in [0.25, 0.3) is 0 Å². The lowest BCUT2D eigenvalue weighted by Crippen LogP contribution is -2.32. The molecule has 2 aliphatic rings. The van der Waals surface area contributed by atoms with Crippen LogP contribution in [0, 0.1) is 5.92 Å². The van der Waals surface area contributed by atoms with Gasteiger partial charge in [-0.05, 0) is 43.0 Å². The fourth-order valence-corrected chi connectivity index (χ4v) is 2.20. The Kier molecular flexibility index (Phi) is 2.48. The van der Waals surface area contributed by atoms with E-state index in [1.54, 1.807) is 6.07 Å². The number of phenols is 1. The summed E-state index contributed by atoms with van der Waals surface area (Å²) >= 11 is 0. The van der Waals surface area contributed by atoms with Crippen molar-refractivity contribution in [3.05, 3.63) is 23.8 Å². The zero-order valence-corrected chi connectivity index (χ0v) is 9.28. The molecule has 3 nitrogen and oxygen atoms in total. The standard InChI is InChI=1S/C13H17NO2/c15-12-3-4-13-10(6-12)5-9(8-16-13)7-14-11-1-2-11/h3-4,6,9,11,14-15H,1-2,5,7-8H2. The van der Waals surface area contributed by atoms with Crippen molar-refractivity contribution in [2.45, 2.75) is 25.3 Å². The maximum atomic E-state index is 9.43. The van der Waals surface area contributed by atoms with Gasteiger partial charge in [0.15, 0.2) is 0 Å². The molecule has 0 bridgehead atoms. The molecule has 3 rings (SSSR count). The van der Waals surface area contributed by atoms with Crippen LogP contribution in [0.25, 0.3) is 0 Å². The van der Waals surface area contributed by atoms with Crippen LogP contribution in [0.2, 0.25) is 0 Å². The Morgan fingerprint density at radius 3 is 3.06 bits per heavy atom. The summed E-state index contributed by atoms with van der Waals surface area (Å²) in [5.41, 5.74) is 1.13. The van der Waals surface area contributed by atoms with Crippen LogP contribution in [0.15, 0.2) is 18.2 Å². The molecule has 1 aliphatic heterocycles. The first-order valence-electron chi connectivity index (χ1n) is 5.99. The number of aromatic hydroxyl groups is 1. The lowest BCUT2D eigenvalue weighted by atomic mass is 9.96. The van der Waals surface area contributed by atoms with Gasteiger partial charge >= 0.3 is 0 Å². The molecule has 2 N–H and O–H groups in total. The van der Waals surface area contributed by atoms with Crippen LogP contribution in [0.1, 0.15) is 18.4 Å². The second-order valence-electron chi connectivity index (χ2n) is 4.86. The second kappa shape index (κ2) is 3.98. The number of hydrogen-bond donors (Lipinski definition) is 2. The summed E-state index contributed by atoms with van der Waals surface area (Å²) in [6.07, 6.45) is 3.65. The van der Waals surface area contributed by atoms with Crippen LogP contribution in [0.3, 0.4) is 0 Å². The Hall–Kier alpha value is -1.22. The van der Waals surface area contributed by atoms with Crippen molar-refractivity contribution in [3.63, 3.8) is 0 Å². The Bertz CT molecular complexity index is 388. The molecular formula is C13H17NO2. The third-order valence-corrected chi connectivity index (χ3v) is 3.30. The summed E-state index contributed by atoms with van der Waals surface area (Å²) in [6.45, 7) is 1.82. The maximum Gasteiger partial charge on any atom is 0.122 e. The van der Waals surface area contributed by atoms with E-state index in [4.69, 9.17) is 4.74 Å². The first-order valence-corrected chi connectivity index (χ1v) is 5.99. The SMILES string of the molecule is Oc1ccc2c(c1)CC(CNC1CC1)CO2. The van der Waals surface area contributed by atoms with Crippen molar-refractivity contribution in [1.82, 2.24) is 5.32 Å². The predicted molar refractivity (Wildman–Crippen MR) is 61.8 cm³/mol. The minimum atomic E-state index is 0.332. The topological polar surface area (TPSA) is 41.5 Å². The molecule has 1 atom stereocenters. The van der Waals surface area contributed by atoms with Gasteiger partial charge in [-0.2, -0.15) is 0 Å². The Morgan fingerprint density at radius 2 is 2.25 bits per heavy atom. The van der Waals surface area contributed by atoms with Crippen molar-refractivity contribution in [2.24, 2.45) is 5.92 Å². The molecular weight excluding hydrogens is 202 g/mol. The highest BCUT2D eigenvalue weighted by Crippen LogP contribution is 2.30. The van der Waals surface area contributed by atoms with E-state index in [1.165, 1.54) is 12.8 Å². The number of fused-ring (bicyclic) bond motifs is 1. The van der Waals surface area contributed by atoms with Crippen LogP contribution in [0.4, 0.5) is 0 Å². The zero-order chi connectivity index (χ0) is 11.0. The van der Waals surface area contributed by atoms with Gasteiger partial charge in [-0.25, -0.2) is 0 Å². The molecule has 0 amide bonds. The molecule has 1 aromatic carbocycles. The molecule has 1 fully saturated rings. The Labute approximate surface area is 95.4 Å². The van der Waals surface area contributed by atoms with Gasteiger partial charge in [0.1, 0.15) is 11.5 Å². The van der Waals surface area contributed by atoms with E-state index < -0.39 is 0 Å². The second-order valence-corrected chi connectivity index (χ2v) is 4.86. The van der Waals surface area contributed by atoms with Crippen molar-refractivity contribution in [3.8, 4) is 11.5 Å². The fraction of sp³-hybridized carbons (Fsp3) is 0.538. The average Bonchev–Trinajstić information content (AvgIpc) is 3.09. The zero-order valence-electron chi connectivity index (χ0n) is 9.28. The molecule has 1 unspecified atom stereocenters. The molecule has 1 aromatic rings. The third-order valence-electron chi connectivity index (χ3n) is 3.30. The van der Waals surface area contributed by atoms with Gasteiger partial charge in [-0.3, -0.25) is 0 Å². The minimum Gasteiger partial charge on any atom is -0.508 e. The van der Waals surface area contributed by atoms with Gasteiger partial charge in [-0.1, -0.05) is 0 Å². The van der Waals surface area contributed by atoms with Crippen LogP contribution >= 0.6 is 0 Å². The highest BCUT2D eigenvalue weighted by atomic mass is 16.5. The van der Waals surface area contributed by atoms with Gasteiger partial charge < -0.3 is 15.2 Å². The molecule has 0 aromatic heterocycles. The van der Waals surface area contributed by atoms with Crippen molar-refractivity contribution in [2.75, 3.05) is 13.2 Å². The van der Waals surface area contributed by atoms with E-state index in [-0.39, 0.29) is 0 Å². The van der Waals surface area contributed by atoms with Crippen LogP contribution in [-0.4, -0.2) is 24.3 Å². The summed E-state index contributed by atoms with van der Waals surface area (Å²) < 4.78 is 5.69. The van der Waals surface area contributed by atoms with Crippen LogP contribution in [0.5, 0.6) is 11.5 Å². The highest BCUT2D eigenvalue weighted by molar-refractivity contribution is 5.41. The van der Waals surface area contributed by atoms with E-state index in [2.05, 4.69) is 5.32 Å². The quantitative estimate of drug-likeness (QED) is 0.813. The van der Waals surface area contributed by atoms with Crippen LogP contribution in [-0.2, 0) is 6.42 Å². The molecule has 86 valence electrons. The van der Waals surface area contributed by atoms with Crippen molar-refractivity contribution < 1.29 is 9.84 Å². The Morgan fingerprint density at radius 1 is 1.38 bits per heavy atom. The summed E-state index contributed by atoms with van der Waals surface area (Å²) in [5, 5.41) is 13.0. The van der Waals surface area contributed by atoms with E-state index in [1.807, 2.05) is 12.1 Å². The van der Waals surface area contributed by atoms with E-state index >= 15 is 0 Å². The van der Waals surface area contributed by atoms with Gasteiger partial charge in [0.05, 0.1) is 6.61 Å². The maximum absolute atomic E-state index is 9.43. The number of nitrogens with one attached hydrogen (secondary N) is 1. The lowest BCUT2D eigenvalue weighted by molar-refractivity contribution is 0.217. The van der Waals surface area contributed by atoms with E-state index in [0.717, 1.165) is 36.9 Å². The Balaban J connectivity index is 1.64. The summed E-state index contributed by atoms with van der Waals surface area (Å²) in [4.78, 5) is 0. The smallest absolute Gasteiger partial charge is 0.122 e. The molecule has 0 saturated heterocycles. The van der Waals surface area contributed by atoms with Crippen molar-refractivity contribution >= 4 is 0 Å². The summed E-state index contributed by atoms with van der Waals surface area (Å²) in [6, 6.07) is 6.11. The van der Waals surface area contributed by atoms with Crippen LogP contribution < -0.4 is 10.1 Å². The summed E-state index contributed by atoms with van der Waals surface area (Å²) in [7, 11) is 0. The largest absolute Gasteiger partial charge is 0.508 e. The predicted octanol–water partition coefficient (Wildman–Crippen LogP) is 1.70. The monoisotopic (exact) mass is 219 g/mol. The molecule has 0 spiro atoms. The molecule has 1 saturated carbocycles. The van der Waals surface area contributed by atoms with Crippen molar-refractivity contribution in [1.29, 1.82) is 0 Å². The van der Waals surface area contributed by atoms with Gasteiger partial charge in [-0.15, -0.1) is 0 Å². The third kappa shape index (κ3) is 2.14. The molecule has 0 radical (unpaired) electrons. The number of benzene rings is 1. The number of hydrogen-bond acceptors (Lipinski definition) is 3. The van der Waals surface area contributed by atoms with E-state index in [9.17, 15) is 5.11 Å². The van der Waals surface area contributed by atoms with Gasteiger partial charge in [0, 0.05) is 18.5 Å². The normalized spacial score (nSPS) is 23.6. The minimum absolute atomic E-state index is 0.332.